The number of halogens is 5. The Bertz CT molecular complexity index is 1420. The highest BCUT2D eigenvalue weighted by molar-refractivity contribution is 5.94. The second kappa shape index (κ2) is 10.8. The van der Waals surface area contributed by atoms with Crippen LogP contribution < -0.4 is 5.32 Å². The Labute approximate surface area is 215 Å². The third-order valence-corrected chi connectivity index (χ3v) is 6.12. The van der Waals surface area contributed by atoms with Gasteiger partial charge < -0.3 is 15.3 Å². The summed E-state index contributed by atoms with van der Waals surface area (Å²) in [7, 11) is 0. The van der Waals surface area contributed by atoms with Crippen molar-refractivity contribution in [3.63, 3.8) is 0 Å². The van der Waals surface area contributed by atoms with E-state index >= 15 is 0 Å². The number of hydrogen-bond donors (Lipinski definition) is 2. The minimum absolute atomic E-state index is 0.119. The predicted molar refractivity (Wildman–Crippen MR) is 133 cm³/mol. The number of fused-ring (bicyclic) bond motifs is 1. The van der Waals surface area contributed by atoms with Crippen LogP contribution in [0.25, 0.3) is 16.6 Å². The Morgan fingerprint density at radius 1 is 1.03 bits per heavy atom. The fraction of sp³-hybridized carbons (Fsp3) is 0.259. The monoisotopic (exact) mass is 532 g/mol. The van der Waals surface area contributed by atoms with Gasteiger partial charge in [0, 0.05) is 17.6 Å². The SMILES string of the molecule is CCCN(CC(O)(CNc1cccc2c1cnn2-c1ccc(F)cc1)C(F)(F)F)C(=O)c1ccccc1F. The van der Waals surface area contributed by atoms with E-state index in [4.69, 9.17) is 0 Å². The highest BCUT2D eigenvalue weighted by atomic mass is 19.4. The van der Waals surface area contributed by atoms with Gasteiger partial charge in [0.25, 0.3) is 5.91 Å². The van der Waals surface area contributed by atoms with Crippen LogP contribution in [-0.2, 0) is 0 Å². The van der Waals surface area contributed by atoms with Crippen LogP contribution >= 0.6 is 0 Å². The average Bonchev–Trinajstić information content (AvgIpc) is 3.32. The van der Waals surface area contributed by atoms with Gasteiger partial charge in [0.05, 0.1) is 36.1 Å². The maximum atomic E-state index is 14.2. The van der Waals surface area contributed by atoms with Crippen molar-refractivity contribution >= 4 is 22.5 Å². The number of carbonyl (C=O) groups is 1. The first-order valence-corrected chi connectivity index (χ1v) is 11.8. The Hall–Kier alpha value is -3.99. The number of anilines is 1. The highest BCUT2D eigenvalue weighted by Crippen LogP contribution is 2.33. The van der Waals surface area contributed by atoms with E-state index in [-0.39, 0.29) is 17.8 Å². The average molecular weight is 533 g/mol. The molecular formula is C27H25F5N4O2. The van der Waals surface area contributed by atoms with Crippen LogP contribution in [0.5, 0.6) is 0 Å². The number of amides is 1. The van der Waals surface area contributed by atoms with E-state index in [1.165, 1.54) is 59.4 Å². The van der Waals surface area contributed by atoms with Crippen LogP contribution in [0.1, 0.15) is 23.7 Å². The first kappa shape index (κ1) is 27.1. The summed E-state index contributed by atoms with van der Waals surface area (Å²) >= 11 is 0. The summed E-state index contributed by atoms with van der Waals surface area (Å²) < 4.78 is 71.6. The van der Waals surface area contributed by atoms with E-state index in [0.29, 0.717) is 23.0 Å². The van der Waals surface area contributed by atoms with Crippen LogP contribution in [0.15, 0.2) is 72.9 Å². The molecule has 3 aromatic carbocycles. The van der Waals surface area contributed by atoms with Gasteiger partial charge in [-0.2, -0.15) is 18.3 Å². The van der Waals surface area contributed by atoms with Crippen molar-refractivity contribution in [2.75, 3.05) is 25.0 Å². The number of nitrogens with one attached hydrogen (secondary N) is 1. The van der Waals surface area contributed by atoms with Gasteiger partial charge in [0.2, 0.25) is 0 Å². The molecule has 6 nitrogen and oxygen atoms in total. The molecule has 0 saturated heterocycles. The molecule has 0 aliphatic rings. The maximum absolute atomic E-state index is 14.2. The number of hydrogen-bond acceptors (Lipinski definition) is 4. The molecule has 4 aromatic rings. The Kier molecular flexibility index (Phi) is 7.68. The van der Waals surface area contributed by atoms with E-state index in [1.54, 1.807) is 19.1 Å². The van der Waals surface area contributed by atoms with Crippen LogP contribution in [-0.4, -0.2) is 57.1 Å². The van der Waals surface area contributed by atoms with Crippen molar-refractivity contribution in [3.8, 4) is 5.69 Å². The smallest absolute Gasteiger partial charge is 0.381 e. The lowest BCUT2D eigenvalue weighted by Crippen LogP contribution is -2.58. The van der Waals surface area contributed by atoms with Crippen molar-refractivity contribution in [2.45, 2.75) is 25.1 Å². The minimum atomic E-state index is -5.12. The molecule has 4 rings (SSSR count). The normalized spacial score (nSPS) is 13.3. The molecule has 0 saturated carbocycles. The lowest BCUT2D eigenvalue weighted by atomic mass is 10.0. The summed E-state index contributed by atoms with van der Waals surface area (Å²) in [5.74, 6) is -2.24. The molecule has 1 atom stereocenters. The van der Waals surface area contributed by atoms with E-state index in [0.717, 1.165) is 11.0 Å². The second-order valence-electron chi connectivity index (χ2n) is 8.86. The zero-order chi connectivity index (χ0) is 27.5. The van der Waals surface area contributed by atoms with Crippen LogP contribution in [0, 0.1) is 11.6 Å². The molecule has 1 amide bonds. The van der Waals surface area contributed by atoms with Crippen molar-refractivity contribution in [2.24, 2.45) is 0 Å². The van der Waals surface area contributed by atoms with Gasteiger partial charge in [0.15, 0.2) is 5.60 Å². The van der Waals surface area contributed by atoms with Crippen LogP contribution in [0.3, 0.4) is 0 Å². The zero-order valence-corrected chi connectivity index (χ0v) is 20.3. The molecule has 11 heteroatoms. The Balaban J connectivity index is 1.61. The van der Waals surface area contributed by atoms with Crippen LogP contribution in [0.4, 0.5) is 27.6 Å². The van der Waals surface area contributed by atoms with Crippen molar-refractivity contribution in [1.29, 1.82) is 0 Å². The predicted octanol–water partition coefficient (Wildman–Crippen LogP) is 5.56. The summed E-state index contributed by atoms with van der Waals surface area (Å²) in [5, 5.41) is 18.2. The van der Waals surface area contributed by atoms with Gasteiger partial charge in [-0.1, -0.05) is 25.1 Å². The molecular weight excluding hydrogens is 507 g/mol. The molecule has 0 radical (unpaired) electrons. The quantitative estimate of drug-likeness (QED) is 0.277. The van der Waals surface area contributed by atoms with Crippen molar-refractivity contribution in [1.82, 2.24) is 14.7 Å². The number of alkyl halides is 3. The molecule has 0 fully saturated rings. The molecule has 200 valence electrons. The number of aliphatic hydroxyl groups is 1. The summed E-state index contributed by atoms with van der Waals surface area (Å²) in [4.78, 5) is 13.7. The molecule has 0 aliphatic carbocycles. The number of benzene rings is 3. The lowest BCUT2D eigenvalue weighted by Gasteiger charge is -2.36. The summed E-state index contributed by atoms with van der Waals surface area (Å²) in [6.45, 7) is -0.547. The van der Waals surface area contributed by atoms with E-state index in [1.807, 2.05) is 0 Å². The first-order valence-electron chi connectivity index (χ1n) is 11.8. The highest BCUT2D eigenvalue weighted by Gasteiger charge is 2.55. The van der Waals surface area contributed by atoms with Crippen molar-refractivity contribution < 1.29 is 31.9 Å². The van der Waals surface area contributed by atoms with Gasteiger partial charge in [-0.3, -0.25) is 4.79 Å². The van der Waals surface area contributed by atoms with E-state index < -0.39 is 42.4 Å². The first-order chi connectivity index (χ1) is 18.0. The number of rotatable bonds is 9. The maximum Gasteiger partial charge on any atom is 0.420 e. The fourth-order valence-corrected chi connectivity index (χ4v) is 4.12. The van der Waals surface area contributed by atoms with Gasteiger partial charge in [-0.05, 0) is 55.0 Å². The third-order valence-electron chi connectivity index (χ3n) is 6.12. The largest absolute Gasteiger partial charge is 0.420 e. The third kappa shape index (κ3) is 5.47. The van der Waals surface area contributed by atoms with Gasteiger partial charge in [-0.15, -0.1) is 0 Å². The molecule has 1 unspecified atom stereocenters. The standard InChI is InChI=1S/C27H25F5N4O2/c1-2-14-35(25(37)20-6-3-4-7-22(20)29)17-26(38,27(30,31)32)16-33-23-8-5-9-24-21(23)15-34-36(24)19-12-10-18(28)11-13-19/h3-13,15,33,38H,2,14,16-17H2,1H3. The van der Waals surface area contributed by atoms with Gasteiger partial charge >= 0.3 is 6.18 Å². The molecule has 0 bridgehead atoms. The number of nitrogens with zero attached hydrogens (tertiary/aromatic N) is 3. The number of carbonyl (C=O) groups excluding carboxylic acids is 1. The number of aromatic nitrogens is 2. The molecule has 0 spiro atoms. The van der Waals surface area contributed by atoms with Gasteiger partial charge in [-0.25, -0.2) is 13.5 Å². The molecule has 0 aliphatic heterocycles. The lowest BCUT2D eigenvalue weighted by molar-refractivity contribution is -0.257. The van der Waals surface area contributed by atoms with E-state index in [9.17, 15) is 31.9 Å². The molecule has 2 N–H and O–H groups in total. The van der Waals surface area contributed by atoms with Gasteiger partial charge in [0.1, 0.15) is 11.6 Å². The summed E-state index contributed by atoms with van der Waals surface area (Å²) in [5.41, 5.74) is -2.37. The minimum Gasteiger partial charge on any atom is -0.381 e. The molecule has 1 aromatic heterocycles. The van der Waals surface area contributed by atoms with Crippen LogP contribution in [0.2, 0.25) is 0 Å². The topological polar surface area (TPSA) is 70.4 Å². The van der Waals surface area contributed by atoms with Crippen molar-refractivity contribution in [3.05, 3.63) is 90.1 Å². The second-order valence-corrected chi connectivity index (χ2v) is 8.86. The Morgan fingerprint density at radius 2 is 1.74 bits per heavy atom. The molecule has 1 heterocycles. The summed E-state index contributed by atoms with van der Waals surface area (Å²) in [6.07, 6.45) is -3.38. The molecule has 38 heavy (non-hydrogen) atoms. The van der Waals surface area contributed by atoms with E-state index in [2.05, 4.69) is 10.4 Å². The fourth-order valence-electron chi connectivity index (χ4n) is 4.12. The summed E-state index contributed by atoms with van der Waals surface area (Å²) in [6, 6.07) is 15.4. The Morgan fingerprint density at radius 3 is 2.39 bits per heavy atom. The zero-order valence-electron chi connectivity index (χ0n) is 20.3.